The van der Waals surface area contributed by atoms with Crippen LogP contribution in [0.2, 0.25) is 0 Å². The van der Waals surface area contributed by atoms with Crippen LogP contribution in [-0.4, -0.2) is 52.9 Å². The van der Waals surface area contributed by atoms with Gasteiger partial charge in [0.25, 0.3) is 0 Å². The summed E-state index contributed by atoms with van der Waals surface area (Å²) in [6.45, 7) is 19.2. The van der Waals surface area contributed by atoms with Gasteiger partial charge in [-0.15, -0.1) is 0 Å². The van der Waals surface area contributed by atoms with Gasteiger partial charge in [0, 0.05) is 61.8 Å². The molecule has 0 aromatic heterocycles. The van der Waals surface area contributed by atoms with Crippen LogP contribution in [0.3, 0.4) is 0 Å². The van der Waals surface area contributed by atoms with Crippen LogP contribution in [0.4, 0.5) is 0 Å². The zero-order valence-electron chi connectivity index (χ0n) is 22.3. The van der Waals surface area contributed by atoms with Crippen LogP contribution in [0.15, 0.2) is 0 Å². The molecule has 0 N–H and O–H groups in total. The molecule has 236 valence electrons. The largest absolute Gasteiger partial charge is 0.516 e. The van der Waals surface area contributed by atoms with E-state index in [9.17, 15) is 0 Å². The van der Waals surface area contributed by atoms with E-state index in [1.165, 1.54) is 0 Å². The van der Waals surface area contributed by atoms with Gasteiger partial charge in [-0.3, -0.25) is 36.2 Å². The van der Waals surface area contributed by atoms with Crippen LogP contribution < -0.4 is 0 Å². The molecule has 0 atom stereocenters. The Balaban J connectivity index is -0.000000122. The number of hydrogen-bond donors (Lipinski definition) is 0. The van der Waals surface area contributed by atoms with Crippen molar-refractivity contribution in [3.8, 4) is 0 Å². The molecule has 0 amide bonds. The molecule has 0 unspecified atom stereocenters. The summed E-state index contributed by atoms with van der Waals surface area (Å²) in [5.41, 5.74) is 0. The summed E-state index contributed by atoms with van der Waals surface area (Å²) >= 11 is 38.6. The minimum atomic E-state index is -2.28. The van der Waals surface area contributed by atoms with Crippen LogP contribution in [-0.2, 0) is 134 Å². The molecular weight excluding hydrogens is 868 g/mol. The number of rotatable bonds is 16. The van der Waals surface area contributed by atoms with Gasteiger partial charge in [0.2, 0.25) is 0 Å². The van der Waals surface area contributed by atoms with Crippen LogP contribution in [0.25, 0.3) is 0 Å². The van der Waals surface area contributed by atoms with Crippen molar-refractivity contribution in [1.82, 2.24) is 0 Å². The Bertz CT molecular complexity index is 371. The molecule has 0 fully saturated rings. The van der Waals surface area contributed by atoms with Crippen molar-refractivity contribution in [2.24, 2.45) is 0 Å². The van der Waals surface area contributed by atoms with Crippen molar-refractivity contribution in [2.45, 2.75) is 55.4 Å². The normalized spacial score (nSPS) is 11.7. The summed E-state index contributed by atoms with van der Waals surface area (Å²) < 4.78 is 39.9. The van der Waals surface area contributed by atoms with E-state index in [-0.39, 0.29) is 37.3 Å². The van der Waals surface area contributed by atoms with E-state index in [2.05, 4.69) is 0 Å². The number of hydrogen-bond acceptors (Lipinski definition) is 16. The van der Waals surface area contributed by atoms with Crippen molar-refractivity contribution in [1.29, 1.82) is 0 Å². The first-order chi connectivity index (χ1) is 16.5. The fraction of sp³-hybridized carbons (Fsp3) is 1.00. The molecule has 0 saturated carbocycles. The SMILES string of the molecule is CCO[P+]([S-])([S-])OCC.CCO[P+]([S-])([S-])OCC.CCO[P+]([S-])([S-])OCC.CCO[P+]([S-])([S-])OCC.[Er]. The molecule has 21 heteroatoms. The summed E-state index contributed by atoms with van der Waals surface area (Å²) in [5, 5.41) is 0. The average molecular weight is 908 g/mol. The summed E-state index contributed by atoms with van der Waals surface area (Å²) in [7, 11) is 0. The van der Waals surface area contributed by atoms with E-state index in [1.807, 2.05) is 55.4 Å². The molecule has 0 rings (SSSR count). The van der Waals surface area contributed by atoms with Crippen molar-refractivity contribution >= 4 is 122 Å². The second-order valence-electron chi connectivity index (χ2n) is 5.13. The van der Waals surface area contributed by atoms with E-state index < -0.39 is 24.5 Å². The Morgan fingerprint density at radius 2 is 0.378 bits per heavy atom. The molecule has 0 spiro atoms. The van der Waals surface area contributed by atoms with Crippen molar-refractivity contribution in [2.75, 3.05) is 52.9 Å². The molecule has 0 aliphatic heterocycles. The fourth-order valence-corrected chi connectivity index (χ4v) is 9.30. The maximum atomic E-state index is 4.99. The van der Waals surface area contributed by atoms with Gasteiger partial charge >= 0.3 is 0 Å². The van der Waals surface area contributed by atoms with Crippen molar-refractivity contribution in [3.63, 3.8) is 0 Å². The van der Waals surface area contributed by atoms with Gasteiger partial charge in [-0.05, 0) is 55.4 Å². The topological polar surface area (TPSA) is 73.8 Å². The van der Waals surface area contributed by atoms with E-state index >= 15 is 0 Å². The Labute approximate surface area is 300 Å². The van der Waals surface area contributed by atoms with Crippen LogP contribution >= 0.6 is 24.5 Å². The summed E-state index contributed by atoms with van der Waals surface area (Å²) in [6, 6.07) is 0. The van der Waals surface area contributed by atoms with E-state index in [4.69, 9.17) is 134 Å². The van der Waals surface area contributed by atoms with Crippen LogP contribution in [0.1, 0.15) is 55.4 Å². The van der Waals surface area contributed by atoms with E-state index in [0.29, 0.717) is 52.9 Å². The van der Waals surface area contributed by atoms with Crippen molar-refractivity contribution in [3.05, 3.63) is 0 Å². The van der Waals surface area contributed by atoms with Gasteiger partial charge in [0.1, 0.15) is 0 Å². The third-order valence-electron chi connectivity index (χ3n) is 2.30. The van der Waals surface area contributed by atoms with E-state index in [1.54, 1.807) is 0 Å². The zero-order chi connectivity index (χ0) is 29.3. The Morgan fingerprint density at radius 1 is 0.297 bits per heavy atom. The molecule has 0 aliphatic carbocycles. The predicted molar refractivity (Wildman–Crippen MR) is 180 cm³/mol. The fourth-order valence-electron chi connectivity index (χ4n) is 1.41. The molecule has 8 nitrogen and oxygen atoms in total. The third-order valence-corrected chi connectivity index (χ3v) is 12.0. The first kappa shape index (κ1) is 52.0. The molecule has 37 heavy (non-hydrogen) atoms. The third kappa shape index (κ3) is 46.0. The Kier molecular flexibility index (Phi) is 46.1. The van der Waals surface area contributed by atoms with E-state index in [0.717, 1.165) is 0 Å². The van der Waals surface area contributed by atoms with Crippen LogP contribution in [0.5, 0.6) is 0 Å². The second-order valence-corrected chi connectivity index (χ2v) is 25.1. The smallest absolute Gasteiger partial charge is 0.0864 e. The first-order valence-electron chi connectivity index (χ1n) is 10.9. The molecule has 0 aromatic rings. The van der Waals surface area contributed by atoms with Crippen LogP contribution in [0, 0.1) is 37.3 Å². The van der Waals surface area contributed by atoms with Gasteiger partial charge < -0.3 is 98.0 Å². The Morgan fingerprint density at radius 3 is 0.432 bits per heavy atom. The molecule has 0 bridgehead atoms. The minimum Gasteiger partial charge on any atom is -0.516 e. The molecule has 0 saturated heterocycles. The maximum Gasteiger partial charge on any atom is 0.0864 e. The average Bonchev–Trinajstić information content (AvgIpc) is 2.69. The molecule has 0 heterocycles. The van der Waals surface area contributed by atoms with Gasteiger partial charge in [-0.1, -0.05) is 0 Å². The molecule has 0 aromatic carbocycles. The molecule has 0 aliphatic rings. The second kappa shape index (κ2) is 32.8. The quantitative estimate of drug-likeness (QED) is 0.115. The first-order valence-corrected chi connectivity index (χ1v) is 25.5. The molecular formula is C16H40ErO8P4S8-4. The Hall–Kier alpha value is 5.45. The summed E-state index contributed by atoms with van der Waals surface area (Å²) in [6.07, 6.45) is -9.10. The maximum absolute atomic E-state index is 4.99. The molecule has 0 radical (unpaired) electrons. The summed E-state index contributed by atoms with van der Waals surface area (Å²) in [5.74, 6) is 0. The van der Waals surface area contributed by atoms with Gasteiger partial charge in [-0.25, -0.2) is 0 Å². The predicted octanol–water partition coefficient (Wildman–Crippen LogP) is 7.32. The van der Waals surface area contributed by atoms with Gasteiger partial charge in [0.15, 0.2) is 0 Å². The van der Waals surface area contributed by atoms with Crippen molar-refractivity contribution < 1.29 is 73.5 Å². The summed E-state index contributed by atoms with van der Waals surface area (Å²) in [4.78, 5) is 0. The minimum absolute atomic E-state index is 0. The zero-order valence-corrected chi connectivity index (χ0v) is 34.2. The van der Waals surface area contributed by atoms with Gasteiger partial charge in [-0.2, -0.15) is 0 Å². The standard InChI is InChI=1S/4C4H11O2PS2.Er/c4*1-3-5-7(8,9)6-4-2;/h4*3-4H2,1-2H3,(H,8,9);/p-4. The van der Waals surface area contributed by atoms with Gasteiger partial charge in [0.05, 0.1) is 52.9 Å². The monoisotopic (exact) mass is 906 g/mol.